The normalized spacial score (nSPS) is 11.5. The van der Waals surface area contributed by atoms with E-state index < -0.39 is 5.97 Å². The number of hydrogen-bond acceptors (Lipinski definition) is 6. The molecule has 0 saturated heterocycles. The van der Waals surface area contributed by atoms with Gasteiger partial charge in [0.05, 0.1) is 31.3 Å². The van der Waals surface area contributed by atoms with Crippen molar-refractivity contribution >= 4 is 11.9 Å². The van der Waals surface area contributed by atoms with Gasteiger partial charge in [-0.25, -0.2) is 4.79 Å². The average Bonchev–Trinajstić information content (AvgIpc) is 2.86. The lowest BCUT2D eigenvalue weighted by molar-refractivity contribution is -0.148. The molecule has 0 spiro atoms. The highest BCUT2D eigenvalue weighted by atomic mass is 16.5. The third-order valence-corrected chi connectivity index (χ3v) is 5.46. The van der Waals surface area contributed by atoms with Crippen molar-refractivity contribution in [1.29, 1.82) is 0 Å². The number of unbranched alkanes of at least 4 members (excludes halogenated alkanes) is 4. The van der Waals surface area contributed by atoms with Gasteiger partial charge in [-0.15, -0.1) is 0 Å². The van der Waals surface area contributed by atoms with Gasteiger partial charge >= 0.3 is 11.9 Å². The first kappa shape index (κ1) is 27.2. The van der Waals surface area contributed by atoms with Crippen LogP contribution < -0.4 is 14.2 Å². The van der Waals surface area contributed by atoms with Crippen molar-refractivity contribution in [3.05, 3.63) is 54.1 Å². The molecular formula is C28H38O6. The summed E-state index contributed by atoms with van der Waals surface area (Å²) in [4.78, 5) is 24.0. The van der Waals surface area contributed by atoms with E-state index in [1.165, 1.54) is 0 Å². The summed E-state index contributed by atoms with van der Waals surface area (Å²) in [6.07, 6.45) is 6.68. The zero-order valence-corrected chi connectivity index (χ0v) is 20.7. The highest BCUT2D eigenvalue weighted by molar-refractivity contribution is 5.91. The van der Waals surface area contributed by atoms with E-state index in [4.69, 9.17) is 18.9 Å². The third-order valence-electron chi connectivity index (χ3n) is 5.46. The Bertz CT molecular complexity index is 844. The molecule has 2 aromatic rings. The second kappa shape index (κ2) is 15.8. The highest BCUT2D eigenvalue weighted by Crippen LogP contribution is 2.20. The number of hydrogen-bond donors (Lipinski definition) is 0. The van der Waals surface area contributed by atoms with Crippen molar-refractivity contribution in [3.63, 3.8) is 0 Å². The first-order chi connectivity index (χ1) is 16.5. The lowest BCUT2D eigenvalue weighted by Gasteiger charge is -2.09. The second-order valence-electron chi connectivity index (χ2n) is 8.33. The SMILES string of the molecule is CCCCOc1ccc(OC(=O)c2ccc(OCCCCCCOC(=O)C(C)CC)cc2)cc1. The van der Waals surface area contributed by atoms with Gasteiger partial charge in [-0.05, 0) is 87.1 Å². The lowest BCUT2D eigenvalue weighted by Crippen LogP contribution is -2.14. The molecule has 1 atom stereocenters. The molecule has 0 amide bonds. The smallest absolute Gasteiger partial charge is 0.343 e. The van der Waals surface area contributed by atoms with Crippen LogP contribution in [0.4, 0.5) is 0 Å². The Morgan fingerprint density at radius 2 is 1.24 bits per heavy atom. The van der Waals surface area contributed by atoms with Crippen LogP contribution in [-0.2, 0) is 9.53 Å². The fourth-order valence-corrected chi connectivity index (χ4v) is 3.02. The van der Waals surface area contributed by atoms with Gasteiger partial charge in [0.2, 0.25) is 0 Å². The molecule has 0 aliphatic carbocycles. The van der Waals surface area contributed by atoms with E-state index in [9.17, 15) is 9.59 Å². The maximum absolute atomic E-state index is 12.4. The van der Waals surface area contributed by atoms with Crippen LogP contribution in [0.1, 0.15) is 76.1 Å². The summed E-state index contributed by atoms with van der Waals surface area (Å²) in [5.41, 5.74) is 0.461. The van der Waals surface area contributed by atoms with Crippen LogP contribution in [0.5, 0.6) is 17.2 Å². The number of carbonyl (C=O) groups excluding carboxylic acids is 2. The minimum Gasteiger partial charge on any atom is -0.494 e. The molecule has 1 unspecified atom stereocenters. The number of ether oxygens (including phenoxy) is 4. The maximum Gasteiger partial charge on any atom is 0.343 e. The van der Waals surface area contributed by atoms with Crippen molar-refractivity contribution in [2.75, 3.05) is 19.8 Å². The molecule has 0 aliphatic rings. The molecule has 0 heterocycles. The molecule has 2 aromatic carbocycles. The first-order valence-corrected chi connectivity index (χ1v) is 12.4. The summed E-state index contributed by atoms with van der Waals surface area (Å²) in [7, 11) is 0. The Labute approximate surface area is 203 Å². The molecule has 0 bridgehead atoms. The molecule has 0 aromatic heterocycles. The van der Waals surface area contributed by atoms with Crippen LogP contribution in [0.25, 0.3) is 0 Å². The lowest BCUT2D eigenvalue weighted by atomic mass is 10.1. The Morgan fingerprint density at radius 1 is 0.706 bits per heavy atom. The molecular weight excluding hydrogens is 432 g/mol. The zero-order chi connectivity index (χ0) is 24.6. The van der Waals surface area contributed by atoms with Crippen LogP contribution in [0.15, 0.2) is 48.5 Å². The van der Waals surface area contributed by atoms with Gasteiger partial charge < -0.3 is 18.9 Å². The fourth-order valence-electron chi connectivity index (χ4n) is 3.02. The Balaban J connectivity index is 1.62. The van der Waals surface area contributed by atoms with Gasteiger partial charge in [-0.2, -0.15) is 0 Å². The van der Waals surface area contributed by atoms with E-state index in [1.54, 1.807) is 48.5 Å². The number of esters is 2. The van der Waals surface area contributed by atoms with Crippen molar-refractivity contribution in [2.45, 2.75) is 65.7 Å². The van der Waals surface area contributed by atoms with Crippen molar-refractivity contribution in [1.82, 2.24) is 0 Å². The summed E-state index contributed by atoms with van der Waals surface area (Å²) in [5.74, 6) is 1.40. The molecule has 0 N–H and O–H groups in total. The first-order valence-electron chi connectivity index (χ1n) is 12.4. The number of rotatable bonds is 16. The predicted molar refractivity (Wildman–Crippen MR) is 133 cm³/mol. The van der Waals surface area contributed by atoms with Gasteiger partial charge in [0.25, 0.3) is 0 Å². The van der Waals surface area contributed by atoms with Gasteiger partial charge in [-0.3, -0.25) is 4.79 Å². The molecule has 0 aliphatic heterocycles. The minimum absolute atomic E-state index is 0.0246. The zero-order valence-electron chi connectivity index (χ0n) is 20.7. The van der Waals surface area contributed by atoms with Crippen LogP contribution in [-0.4, -0.2) is 31.8 Å². The summed E-state index contributed by atoms with van der Waals surface area (Å²) in [5, 5.41) is 0. The highest BCUT2D eigenvalue weighted by Gasteiger charge is 2.11. The van der Waals surface area contributed by atoms with Gasteiger partial charge in [0, 0.05) is 0 Å². The largest absolute Gasteiger partial charge is 0.494 e. The van der Waals surface area contributed by atoms with E-state index >= 15 is 0 Å². The van der Waals surface area contributed by atoms with Crippen LogP contribution in [0.3, 0.4) is 0 Å². The van der Waals surface area contributed by atoms with Crippen molar-refractivity contribution < 1.29 is 28.5 Å². The number of carbonyl (C=O) groups is 2. The Kier molecular flexibility index (Phi) is 12.6. The topological polar surface area (TPSA) is 71.1 Å². The van der Waals surface area contributed by atoms with E-state index in [0.717, 1.165) is 50.7 Å². The predicted octanol–water partition coefficient (Wildman–Crippen LogP) is 6.61. The molecule has 6 heteroatoms. The molecule has 186 valence electrons. The number of benzene rings is 2. The molecule has 2 rings (SSSR count). The standard InChI is InChI=1S/C28H38O6/c1-4-6-19-31-25-15-17-26(18-16-25)34-28(30)23-11-13-24(14-12-23)32-20-9-7-8-10-21-33-27(29)22(3)5-2/h11-18,22H,4-10,19-21H2,1-3H3. The van der Waals surface area contributed by atoms with E-state index in [2.05, 4.69) is 6.92 Å². The monoisotopic (exact) mass is 470 g/mol. The maximum atomic E-state index is 12.4. The van der Waals surface area contributed by atoms with E-state index in [1.807, 2.05) is 13.8 Å². The molecule has 0 radical (unpaired) electrons. The van der Waals surface area contributed by atoms with E-state index in [-0.39, 0.29) is 11.9 Å². The van der Waals surface area contributed by atoms with Crippen molar-refractivity contribution in [2.24, 2.45) is 5.92 Å². The molecule has 6 nitrogen and oxygen atoms in total. The van der Waals surface area contributed by atoms with Crippen LogP contribution in [0, 0.1) is 5.92 Å². The van der Waals surface area contributed by atoms with Gasteiger partial charge in [0.1, 0.15) is 17.2 Å². The second-order valence-corrected chi connectivity index (χ2v) is 8.33. The average molecular weight is 471 g/mol. The fraction of sp³-hybridized carbons (Fsp3) is 0.500. The third kappa shape index (κ3) is 10.3. The minimum atomic E-state index is -0.416. The van der Waals surface area contributed by atoms with Crippen LogP contribution >= 0.6 is 0 Å². The summed E-state index contributed by atoms with van der Waals surface area (Å²) >= 11 is 0. The van der Waals surface area contributed by atoms with Crippen LogP contribution in [0.2, 0.25) is 0 Å². The van der Waals surface area contributed by atoms with Gasteiger partial charge in [-0.1, -0.05) is 27.2 Å². The van der Waals surface area contributed by atoms with Crippen molar-refractivity contribution in [3.8, 4) is 17.2 Å². The quantitative estimate of drug-likeness (QED) is 0.156. The molecule has 0 saturated carbocycles. The Morgan fingerprint density at radius 3 is 1.82 bits per heavy atom. The molecule has 34 heavy (non-hydrogen) atoms. The Hall–Kier alpha value is -3.02. The molecule has 0 fully saturated rings. The van der Waals surface area contributed by atoms with Gasteiger partial charge in [0.15, 0.2) is 0 Å². The summed E-state index contributed by atoms with van der Waals surface area (Å²) < 4.78 is 22.1. The summed E-state index contributed by atoms with van der Waals surface area (Å²) in [6.45, 7) is 7.75. The summed E-state index contributed by atoms with van der Waals surface area (Å²) in [6, 6.07) is 14.0. The van der Waals surface area contributed by atoms with E-state index in [0.29, 0.717) is 36.9 Å².